The highest BCUT2D eigenvalue weighted by Gasteiger charge is 2.20. The Labute approximate surface area is 80.5 Å². The molecule has 1 aromatic heterocycles. The molecule has 0 radical (unpaired) electrons. The minimum Gasteiger partial charge on any atom is -0.476 e. The Hall–Kier alpha value is -1.23. The highest BCUT2D eigenvalue weighted by atomic mass is 35.5. The first-order valence-electron chi connectivity index (χ1n) is 3.58. The minimum atomic E-state index is -1.12. The Balaban J connectivity index is 3.30. The van der Waals surface area contributed by atoms with Crippen LogP contribution in [0.5, 0.6) is 0 Å². The van der Waals surface area contributed by atoms with E-state index in [4.69, 9.17) is 16.7 Å². The van der Waals surface area contributed by atoms with Crippen LogP contribution in [0.1, 0.15) is 10.5 Å². The number of nitrogens with zero attached hydrogens (tertiary/aromatic N) is 3. The first-order valence-corrected chi connectivity index (χ1v) is 3.96. The summed E-state index contributed by atoms with van der Waals surface area (Å²) in [6, 6.07) is 0. The summed E-state index contributed by atoms with van der Waals surface area (Å²) in [7, 11) is 5.19. The number of carboxylic acid groups (broad SMARTS) is 1. The van der Waals surface area contributed by atoms with Gasteiger partial charge in [0.1, 0.15) is 10.8 Å². The van der Waals surface area contributed by atoms with Crippen LogP contribution in [0.25, 0.3) is 0 Å². The van der Waals surface area contributed by atoms with Gasteiger partial charge in [-0.15, -0.1) is 0 Å². The molecule has 72 valence electrons. The number of aromatic carboxylic acids is 1. The fourth-order valence-corrected chi connectivity index (χ4v) is 1.52. The number of carbonyl (C=O) groups is 1. The van der Waals surface area contributed by atoms with Gasteiger partial charge in [-0.2, -0.15) is 5.10 Å². The van der Waals surface area contributed by atoms with E-state index in [1.807, 2.05) is 0 Å². The van der Waals surface area contributed by atoms with Crippen LogP contribution in [0.4, 0.5) is 5.82 Å². The SMILES string of the molecule is CN(C)c1c(Cl)c(C(=O)O)nn1C. The fraction of sp³-hybridized carbons (Fsp3) is 0.429. The van der Waals surface area contributed by atoms with Gasteiger partial charge in [0.15, 0.2) is 5.69 Å². The lowest BCUT2D eigenvalue weighted by Gasteiger charge is -2.11. The Morgan fingerprint density at radius 2 is 2.15 bits per heavy atom. The van der Waals surface area contributed by atoms with Crippen molar-refractivity contribution in [3.8, 4) is 0 Å². The summed E-state index contributed by atoms with van der Waals surface area (Å²) in [5.74, 6) is -0.534. The molecular formula is C7H10ClN3O2. The number of rotatable bonds is 2. The zero-order valence-corrected chi connectivity index (χ0v) is 8.33. The van der Waals surface area contributed by atoms with E-state index in [0.717, 1.165) is 0 Å². The van der Waals surface area contributed by atoms with Crippen LogP contribution in [-0.2, 0) is 7.05 Å². The second kappa shape index (κ2) is 3.26. The van der Waals surface area contributed by atoms with Gasteiger partial charge < -0.3 is 10.0 Å². The van der Waals surface area contributed by atoms with E-state index in [1.165, 1.54) is 4.68 Å². The van der Waals surface area contributed by atoms with Gasteiger partial charge in [0.05, 0.1) is 0 Å². The van der Waals surface area contributed by atoms with E-state index in [-0.39, 0.29) is 10.7 Å². The van der Waals surface area contributed by atoms with Crippen LogP contribution in [0.15, 0.2) is 0 Å². The lowest BCUT2D eigenvalue weighted by atomic mass is 10.4. The van der Waals surface area contributed by atoms with Gasteiger partial charge in [0.25, 0.3) is 0 Å². The molecule has 1 rings (SSSR count). The van der Waals surface area contributed by atoms with Crippen molar-refractivity contribution in [1.82, 2.24) is 9.78 Å². The van der Waals surface area contributed by atoms with Crippen LogP contribution in [0, 0.1) is 0 Å². The molecule has 1 N–H and O–H groups in total. The highest BCUT2D eigenvalue weighted by Crippen LogP contribution is 2.26. The monoisotopic (exact) mass is 203 g/mol. The molecule has 0 spiro atoms. The van der Waals surface area contributed by atoms with Crippen LogP contribution >= 0.6 is 11.6 Å². The summed E-state index contributed by atoms with van der Waals surface area (Å²) in [5, 5.41) is 12.6. The number of aromatic nitrogens is 2. The summed E-state index contributed by atoms with van der Waals surface area (Å²) in [4.78, 5) is 12.3. The molecule has 13 heavy (non-hydrogen) atoms. The number of aryl methyl sites for hydroxylation is 1. The maximum Gasteiger partial charge on any atom is 0.358 e. The van der Waals surface area contributed by atoms with E-state index >= 15 is 0 Å². The minimum absolute atomic E-state index is 0.118. The standard InChI is InChI=1S/C7H10ClN3O2/c1-10(2)6-4(8)5(7(12)13)9-11(6)3/h1-3H3,(H,12,13). The molecule has 0 saturated carbocycles. The first-order chi connectivity index (χ1) is 5.95. The molecule has 0 fully saturated rings. The van der Waals surface area contributed by atoms with Crippen molar-refractivity contribution in [1.29, 1.82) is 0 Å². The van der Waals surface area contributed by atoms with Crippen LogP contribution in [-0.4, -0.2) is 35.0 Å². The maximum absolute atomic E-state index is 10.6. The average Bonchev–Trinajstić information content (AvgIpc) is 2.26. The molecule has 1 aromatic rings. The number of carboxylic acids is 1. The third kappa shape index (κ3) is 1.60. The molecule has 6 heteroatoms. The Kier molecular flexibility index (Phi) is 2.47. The van der Waals surface area contributed by atoms with Crippen molar-refractivity contribution in [3.05, 3.63) is 10.7 Å². The van der Waals surface area contributed by atoms with Crippen molar-refractivity contribution >= 4 is 23.4 Å². The average molecular weight is 204 g/mol. The van der Waals surface area contributed by atoms with E-state index in [0.29, 0.717) is 5.82 Å². The summed E-state index contributed by atoms with van der Waals surface area (Å²) >= 11 is 5.81. The third-order valence-corrected chi connectivity index (χ3v) is 1.93. The molecule has 0 saturated heterocycles. The molecule has 0 aliphatic carbocycles. The zero-order valence-electron chi connectivity index (χ0n) is 7.58. The summed E-state index contributed by atoms with van der Waals surface area (Å²) in [6.45, 7) is 0. The smallest absolute Gasteiger partial charge is 0.358 e. The lowest BCUT2D eigenvalue weighted by molar-refractivity contribution is 0.0690. The Morgan fingerprint density at radius 1 is 1.62 bits per heavy atom. The van der Waals surface area contributed by atoms with Crippen molar-refractivity contribution in [3.63, 3.8) is 0 Å². The summed E-state index contributed by atoms with van der Waals surface area (Å²) in [6.07, 6.45) is 0. The fourth-order valence-electron chi connectivity index (χ4n) is 1.11. The van der Waals surface area contributed by atoms with Gasteiger partial charge in [0.2, 0.25) is 0 Å². The van der Waals surface area contributed by atoms with Crippen LogP contribution in [0.2, 0.25) is 5.02 Å². The van der Waals surface area contributed by atoms with Gasteiger partial charge in [0, 0.05) is 21.1 Å². The van der Waals surface area contributed by atoms with E-state index in [1.54, 1.807) is 26.0 Å². The van der Waals surface area contributed by atoms with Gasteiger partial charge in [-0.3, -0.25) is 4.68 Å². The molecule has 5 nitrogen and oxygen atoms in total. The second-order valence-electron chi connectivity index (χ2n) is 2.81. The van der Waals surface area contributed by atoms with Gasteiger partial charge in [-0.25, -0.2) is 4.79 Å². The molecule has 0 bridgehead atoms. The highest BCUT2D eigenvalue weighted by molar-refractivity contribution is 6.35. The topological polar surface area (TPSA) is 58.4 Å². The molecule has 0 aliphatic heterocycles. The predicted octanol–water partition coefficient (Wildman–Crippen LogP) is 0.838. The molecule has 0 aliphatic rings. The van der Waals surface area contributed by atoms with Crippen LogP contribution < -0.4 is 4.90 Å². The number of halogens is 1. The molecule has 0 unspecified atom stereocenters. The van der Waals surface area contributed by atoms with Gasteiger partial charge >= 0.3 is 5.97 Å². The van der Waals surface area contributed by atoms with Gasteiger partial charge in [-0.05, 0) is 0 Å². The van der Waals surface area contributed by atoms with Crippen molar-refractivity contribution in [2.45, 2.75) is 0 Å². The second-order valence-corrected chi connectivity index (χ2v) is 3.19. The Morgan fingerprint density at radius 3 is 2.38 bits per heavy atom. The molecule has 0 aromatic carbocycles. The molecule has 0 amide bonds. The number of hydrogen-bond acceptors (Lipinski definition) is 3. The largest absolute Gasteiger partial charge is 0.476 e. The van der Waals surface area contributed by atoms with E-state index in [9.17, 15) is 4.79 Å². The number of anilines is 1. The normalized spacial score (nSPS) is 10.2. The summed E-state index contributed by atoms with van der Waals surface area (Å²) in [5.41, 5.74) is -0.118. The summed E-state index contributed by atoms with van der Waals surface area (Å²) < 4.78 is 1.44. The maximum atomic E-state index is 10.6. The predicted molar refractivity (Wildman–Crippen MR) is 49.5 cm³/mol. The number of hydrogen-bond donors (Lipinski definition) is 1. The third-order valence-electron chi connectivity index (χ3n) is 1.59. The first kappa shape index (κ1) is 9.85. The molecular weight excluding hydrogens is 194 g/mol. The Bertz CT molecular complexity index is 346. The van der Waals surface area contributed by atoms with Gasteiger partial charge in [-0.1, -0.05) is 11.6 Å². The molecule has 0 atom stereocenters. The lowest BCUT2D eigenvalue weighted by Crippen LogP contribution is -2.13. The quantitative estimate of drug-likeness (QED) is 0.774. The van der Waals surface area contributed by atoms with Crippen molar-refractivity contribution < 1.29 is 9.90 Å². The molecule has 1 heterocycles. The van der Waals surface area contributed by atoms with Crippen molar-refractivity contribution in [2.75, 3.05) is 19.0 Å². The van der Waals surface area contributed by atoms with Crippen molar-refractivity contribution in [2.24, 2.45) is 7.05 Å². The zero-order chi connectivity index (χ0) is 10.2. The van der Waals surface area contributed by atoms with Crippen LogP contribution in [0.3, 0.4) is 0 Å². The van der Waals surface area contributed by atoms with E-state index in [2.05, 4.69) is 5.10 Å². The van der Waals surface area contributed by atoms with E-state index < -0.39 is 5.97 Å².